The van der Waals surface area contributed by atoms with E-state index in [2.05, 4.69) is 5.32 Å². The number of carbonyl (C=O) groups is 1. The predicted molar refractivity (Wildman–Crippen MR) is 72.0 cm³/mol. The highest BCUT2D eigenvalue weighted by Crippen LogP contribution is 2.44. The van der Waals surface area contributed by atoms with Crippen LogP contribution in [0.1, 0.15) is 24.2 Å². The van der Waals surface area contributed by atoms with E-state index in [1.165, 1.54) is 13.0 Å². The molecule has 20 heavy (non-hydrogen) atoms. The minimum Gasteiger partial charge on any atom is -0.488 e. The second-order valence-electron chi connectivity index (χ2n) is 4.80. The molecule has 3 rings (SSSR count). The van der Waals surface area contributed by atoms with Crippen LogP contribution < -0.4 is 15.7 Å². The predicted octanol–water partition coefficient (Wildman–Crippen LogP) is 1.49. The normalized spacial score (nSPS) is 16.9. The summed E-state index contributed by atoms with van der Waals surface area (Å²) in [5, 5.41) is 13.3. The smallest absolute Gasteiger partial charge is 0.336 e. The number of aliphatic hydroxyl groups is 1. The van der Waals surface area contributed by atoms with Gasteiger partial charge < -0.3 is 19.6 Å². The number of anilines is 1. The van der Waals surface area contributed by atoms with Crippen LogP contribution in [0.2, 0.25) is 0 Å². The van der Waals surface area contributed by atoms with Crippen molar-refractivity contribution in [2.75, 3.05) is 11.9 Å². The second kappa shape index (κ2) is 4.35. The molecule has 1 aromatic heterocycles. The first-order chi connectivity index (χ1) is 9.47. The summed E-state index contributed by atoms with van der Waals surface area (Å²) in [7, 11) is 0. The summed E-state index contributed by atoms with van der Waals surface area (Å²) in [6, 6.07) is 3.06. The van der Waals surface area contributed by atoms with Crippen LogP contribution in [0, 0.1) is 6.92 Å². The van der Waals surface area contributed by atoms with E-state index in [9.17, 15) is 14.7 Å². The Kier molecular flexibility index (Phi) is 2.76. The fraction of sp³-hybridized carbons (Fsp3) is 0.286. The molecule has 0 spiro atoms. The molecule has 2 aromatic rings. The van der Waals surface area contributed by atoms with Gasteiger partial charge >= 0.3 is 5.63 Å². The maximum atomic E-state index is 11.5. The van der Waals surface area contributed by atoms with Crippen LogP contribution in [0.5, 0.6) is 5.75 Å². The van der Waals surface area contributed by atoms with E-state index in [0.717, 1.165) is 0 Å². The Morgan fingerprint density at radius 1 is 1.45 bits per heavy atom. The van der Waals surface area contributed by atoms with Crippen molar-refractivity contribution < 1.29 is 19.1 Å². The van der Waals surface area contributed by atoms with Gasteiger partial charge in [-0.1, -0.05) is 0 Å². The highest BCUT2D eigenvalue weighted by atomic mass is 16.5. The molecule has 1 aliphatic rings. The van der Waals surface area contributed by atoms with E-state index in [4.69, 9.17) is 9.15 Å². The number of rotatable bonds is 1. The Labute approximate surface area is 114 Å². The Hall–Kier alpha value is -2.34. The van der Waals surface area contributed by atoms with Crippen molar-refractivity contribution in [1.82, 2.24) is 0 Å². The van der Waals surface area contributed by atoms with Gasteiger partial charge in [0, 0.05) is 18.4 Å². The van der Waals surface area contributed by atoms with Crippen LogP contribution in [0.15, 0.2) is 21.3 Å². The Bertz CT molecular complexity index is 777. The van der Waals surface area contributed by atoms with Gasteiger partial charge in [0.15, 0.2) is 5.75 Å². The van der Waals surface area contributed by atoms with Crippen molar-refractivity contribution >= 4 is 22.6 Å². The third-order valence-corrected chi connectivity index (χ3v) is 3.26. The summed E-state index contributed by atoms with van der Waals surface area (Å²) < 4.78 is 10.6. The maximum Gasteiger partial charge on any atom is 0.336 e. The van der Waals surface area contributed by atoms with Gasteiger partial charge in [-0.2, -0.15) is 0 Å². The lowest BCUT2D eigenvalue weighted by atomic mass is 10.0. The molecule has 0 saturated carbocycles. The van der Waals surface area contributed by atoms with Crippen LogP contribution in [-0.4, -0.2) is 17.6 Å². The summed E-state index contributed by atoms with van der Waals surface area (Å²) in [4.78, 5) is 22.8. The molecular weight excluding hydrogens is 262 g/mol. The molecule has 6 nitrogen and oxygen atoms in total. The molecule has 104 valence electrons. The summed E-state index contributed by atoms with van der Waals surface area (Å²) in [6.07, 6.45) is -0.883. The van der Waals surface area contributed by atoms with Gasteiger partial charge in [0.25, 0.3) is 0 Å². The summed E-state index contributed by atoms with van der Waals surface area (Å²) in [5.41, 5.74) is 1.41. The number of hydrogen-bond acceptors (Lipinski definition) is 5. The molecule has 0 aliphatic carbocycles. The number of carbonyl (C=O) groups excluding carboxylic acids is 1. The molecule has 1 atom stereocenters. The summed E-state index contributed by atoms with van der Waals surface area (Å²) in [6.45, 7) is 3.23. The molecule has 1 aromatic carbocycles. The quantitative estimate of drug-likeness (QED) is 0.770. The molecule has 1 unspecified atom stereocenters. The van der Waals surface area contributed by atoms with Crippen molar-refractivity contribution in [3.05, 3.63) is 33.7 Å². The molecule has 2 heterocycles. The molecular formula is C14H13NO5. The van der Waals surface area contributed by atoms with Gasteiger partial charge in [-0.15, -0.1) is 0 Å². The lowest BCUT2D eigenvalue weighted by Crippen LogP contribution is -2.08. The van der Waals surface area contributed by atoms with E-state index in [0.29, 0.717) is 33.5 Å². The Morgan fingerprint density at radius 3 is 2.90 bits per heavy atom. The highest BCUT2D eigenvalue weighted by molar-refractivity contribution is 5.97. The zero-order chi connectivity index (χ0) is 14.4. The molecule has 1 amide bonds. The molecule has 6 heteroatoms. The van der Waals surface area contributed by atoms with Crippen molar-refractivity contribution in [1.29, 1.82) is 0 Å². The maximum absolute atomic E-state index is 11.5. The van der Waals surface area contributed by atoms with Crippen LogP contribution in [0.3, 0.4) is 0 Å². The number of hydrogen-bond donors (Lipinski definition) is 2. The number of nitrogens with one attached hydrogen (secondary N) is 1. The number of fused-ring (bicyclic) bond motifs is 3. The van der Waals surface area contributed by atoms with Crippen LogP contribution >= 0.6 is 0 Å². The average Bonchev–Trinajstić information content (AvgIpc) is 2.73. The number of aliphatic hydroxyl groups excluding tert-OH is 1. The van der Waals surface area contributed by atoms with Crippen LogP contribution in [-0.2, 0) is 4.79 Å². The van der Waals surface area contributed by atoms with E-state index in [1.807, 2.05) is 0 Å². The number of amides is 1. The van der Waals surface area contributed by atoms with Crippen molar-refractivity contribution in [2.24, 2.45) is 0 Å². The minimum absolute atomic E-state index is 0.0681. The lowest BCUT2D eigenvalue weighted by molar-refractivity contribution is -0.114. The van der Waals surface area contributed by atoms with Crippen molar-refractivity contribution in [2.45, 2.75) is 20.0 Å². The Balaban J connectivity index is 2.40. The van der Waals surface area contributed by atoms with Crippen molar-refractivity contribution in [3.8, 4) is 5.75 Å². The zero-order valence-corrected chi connectivity index (χ0v) is 11.0. The number of benzene rings is 1. The molecule has 2 N–H and O–H groups in total. The minimum atomic E-state index is -0.883. The van der Waals surface area contributed by atoms with Crippen LogP contribution in [0.25, 0.3) is 11.0 Å². The molecule has 1 aliphatic heterocycles. The first kappa shape index (κ1) is 12.7. The second-order valence-corrected chi connectivity index (χ2v) is 4.80. The third-order valence-electron chi connectivity index (χ3n) is 3.26. The molecule has 0 fully saturated rings. The van der Waals surface area contributed by atoms with Gasteiger partial charge in [0.05, 0.1) is 11.3 Å². The standard InChI is InChI=1S/C14H13NO5/c1-6-3-11(18)20-13-8(6)4-9(15-7(2)16)14-12(13)10(17)5-19-14/h3-4,10,17H,5H2,1-2H3,(H,15,16). The number of ether oxygens (including phenoxy) is 1. The monoisotopic (exact) mass is 275 g/mol. The van der Waals surface area contributed by atoms with Crippen LogP contribution in [0.4, 0.5) is 5.69 Å². The first-order valence-electron chi connectivity index (χ1n) is 6.17. The fourth-order valence-electron chi connectivity index (χ4n) is 2.44. The van der Waals surface area contributed by atoms with Gasteiger partial charge in [0.1, 0.15) is 18.3 Å². The van der Waals surface area contributed by atoms with Gasteiger partial charge in [-0.3, -0.25) is 4.79 Å². The van der Waals surface area contributed by atoms with E-state index < -0.39 is 11.7 Å². The average molecular weight is 275 g/mol. The highest BCUT2D eigenvalue weighted by Gasteiger charge is 2.30. The van der Waals surface area contributed by atoms with Crippen molar-refractivity contribution in [3.63, 3.8) is 0 Å². The first-order valence-corrected chi connectivity index (χ1v) is 6.17. The van der Waals surface area contributed by atoms with Gasteiger partial charge in [-0.25, -0.2) is 4.79 Å². The summed E-state index contributed by atoms with van der Waals surface area (Å²) in [5.74, 6) is 0.112. The summed E-state index contributed by atoms with van der Waals surface area (Å²) >= 11 is 0. The number of aryl methyl sites for hydroxylation is 1. The largest absolute Gasteiger partial charge is 0.488 e. The van der Waals surface area contributed by atoms with Gasteiger partial charge in [0.2, 0.25) is 5.91 Å². The Morgan fingerprint density at radius 2 is 2.20 bits per heavy atom. The van der Waals surface area contributed by atoms with E-state index >= 15 is 0 Å². The third kappa shape index (κ3) is 1.85. The molecule has 0 bridgehead atoms. The molecule has 0 saturated heterocycles. The van der Waals surface area contributed by atoms with E-state index in [1.54, 1.807) is 13.0 Å². The van der Waals surface area contributed by atoms with E-state index in [-0.39, 0.29) is 12.5 Å². The lowest BCUT2D eigenvalue weighted by Gasteiger charge is -2.12. The topological polar surface area (TPSA) is 88.8 Å². The SMILES string of the molecule is CC(=O)Nc1cc2c(C)cc(=O)oc2c2c1OCC2O. The molecule has 0 radical (unpaired) electrons. The van der Waals surface area contributed by atoms with Gasteiger partial charge in [-0.05, 0) is 18.6 Å². The zero-order valence-electron chi connectivity index (χ0n) is 11.0. The fourth-order valence-corrected chi connectivity index (χ4v) is 2.44.